The topological polar surface area (TPSA) is 34.9 Å². The van der Waals surface area contributed by atoms with E-state index in [4.69, 9.17) is 0 Å². The lowest BCUT2D eigenvalue weighted by Gasteiger charge is -1.94. The van der Waals surface area contributed by atoms with E-state index in [0.29, 0.717) is 12.8 Å². The first-order chi connectivity index (χ1) is 6.22. The molecule has 0 aliphatic rings. The summed E-state index contributed by atoms with van der Waals surface area (Å²) >= 11 is 0. The van der Waals surface area contributed by atoms with Gasteiger partial charge in [0.25, 0.3) is 0 Å². The monoisotopic (exact) mass is 178 g/mol. The zero-order valence-electron chi connectivity index (χ0n) is 7.86. The average Bonchev–Trinajstić information content (AvgIpc) is 2.49. The highest BCUT2D eigenvalue weighted by molar-refractivity contribution is 5.79. The van der Waals surface area contributed by atoms with Crippen molar-refractivity contribution in [2.24, 2.45) is 7.05 Å². The summed E-state index contributed by atoms with van der Waals surface area (Å²) in [5.41, 5.74) is 1.11. The van der Waals surface area contributed by atoms with Crippen molar-refractivity contribution in [1.82, 2.24) is 9.78 Å². The van der Waals surface area contributed by atoms with Crippen LogP contribution in [0.5, 0.6) is 0 Å². The largest absolute Gasteiger partial charge is 0.299 e. The van der Waals surface area contributed by atoms with E-state index in [0.717, 1.165) is 12.0 Å². The predicted octanol–water partition coefficient (Wildman–Crippen LogP) is 1.50. The Morgan fingerprint density at radius 1 is 1.77 bits per heavy atom. The lowest BCUT2D eigenvalue weighted by molar-refractivity contribution is -0.118. The highest BCUT2D eigenvalue weighted by Crippen LogP contribution is 2.02. The van der Waals surface area contributed by atoms with Crippen molar-refractivity contribution >= 4 is 5.78 Å². The molecule has 0 amide bonds. The Morgan fingerprint density at radius 2 is 2.54 bits per heavy atom. The number of rotatable bonds is 5. The molecule has 0 spiro atoms. The third-order valence-corrected chi connectivity index (χ3v) is 1.82. The number of hydrogen-bond acceptors (Lipinski definition) is 2. The Balaban J connectivity index is 2.34. The van der Waals surface area contributed by atoms with Gasteiger partial charge in [-0.25, -0.2) is 0 Å². The molecular weight excluding hydrogens is 164 g/mol. The number of hydrogen-bond donors (Lipinski definition) is 0. The van der Waals surface area contributed by atoms with Gasteiger partial charge in [-0.1, -0.05) is 6.08 Å². The van der Waals surface area contributed by atoms with Crippen LogP contribution in [0.25, 0.3) is 0 Å². The number of carbonyl (C=O) groups is 1. The van der Waals surface area contributed by atoms with Crippen LogP contribution in [0.3, 0.4) is 0 Å². The first-order valence-electron chi connectivity index (χ1n) is 4.32. The van der Waals surface area contributed by atoms with Crippen LogP contribution >= 0.6 is 0 Å². The van der Waals surface area contributed by atoms with Gasteiger partial charge in [0.1, 0.15) is 5.78 Å². The van der Waals surface area contributed by atoms with Crippen LogP contribution in [0.15, 0.2) is 25.0 Å². The predicted molar refractivity (Wildman–Crippen MR) is 51.4 cm³/mol. The molecule has 0 aliphatic heterocycles. The second kappa shape index (κ2) is 4.60. The molecule has 0 N–H and O–H groups in total. The van der Waals surface area contributed by atoms with Crippen LogP contribution in [0, 0.1) is 0 Å². The quantitative estimate of drug-likeness (QED) is 0.640. The van der Waals surface area contributed by atoms with Gasteiger partial charge in [0, 0.05) is 26.1 Å². The van der Waals surface area contributed by atoms with Crippen LogP contribution in [-0.2, 0) is 18.3 Å². The molecule has 0 aromatic carbocycles. The van der Waals surface area contributed by atoms with Crippen molar-refractivity contribution in [3.05, 3.63) is 30.6 Å². The van der Waals surface area contributed by atoms with E-state index >= 15 is 0 Å². The lowest BCUT2D eigenvalue weighted by atomic mass is 10.1. The molecule has 1 aromatic rings. The standard InChI is InChI=1S/C10H14N2O/c1-3-4-10(13)6-5-9-7-11-12(2)8-9/h3,7-8H,1,4-6H2,2H3. The molecule has 0 atom stereocenters. The molecule has 1 heterocycles. The second-order valence-corrected chi connectivity index (χ2v) is 3.05. The fourth-order valence-corrected chi connectivity index (χ4v) is 1.15. The highest BCUT2D eigenvalue weighted by atomic mass is 16.1. The van der Waals surface area contributed by atoms with Crippen molar-refractivity contribution in [3.8, 4) is 0 Å². The van der Waals surface area contributed by atoms with Gasteiger partial charge < -0.3 is 0 Å². The number of allylic oxidation sites excluding steroid dienone is 1. The minimum Gasteiger partial charge on any atom is -0.299 e. The molecule has 13 heavy (non-hydrogen) atoms. The van der Waals surface area contributed by atoms with Crippen LogP contribution in [0.4, 0.5) is 0 Å². The first-order valence-corrected chi connectivity index (χ1v) is 4.32. The van der Waals surface area contributed by atoms with E-state index in [9.17, 15) is 4.79 Å². The molecule has 0 saturated heterocycles. The molecule has 1 rings (SSSR count). The van der Waals surface area contributed by atoms with Crippen molar-refractivity contribution in [2.45, 2.75) is 19.3 Å². The maximum Gasteiger partial charge on any atom is 0.136 e. The molecule has 0 unspecified atom stereocenters. The summed E-state index contributed by atoms with van der Waals surface area (Å²) in [5, 5.41) is 4.03. The minimum atomic E-state index is 0.235. The normalized spacial score (nSPS) is 9.92. The van der Waals surface area contributed by atoms with E-state index in [1.165, 1.54) is 0 Å². The number of Topliss-reactive ketones (excluding diaryl/α,β-unsaturated/α-hetero) is 1. The molecule has 0 aliphatic carbocycles. The fourth-order valence-electron chi connectivity index (χ4n) is 1.15. The van der Waals surface area contributed by atoms with E-state index in [1.807, 2.05) is 13.2 Å². The molecule has 0 radical (unpaired) electrons. The Hall–Kier alpha value is -1.38. The van der Waals surface area contributed by atoms with E-state index < -0.39 is 0 Å². The summed E-state index contributed by atoms with van der Waals surface area (Å²) in [4.78, 5) is 11.1. The summed E-state index contributed by atoms with van der Waals surface area (Å²) in [6, 6.07) is 0. The summed E-state index contributed by atoms with van der Waals surface area (Å²) in [6.45, 7) is 3.52. The number of nitrogens with zero attached hydrogens (tertiary/aromatic N) is 2. The van der Waals surface area contributed by atoms with Crippen molar-refractivity contribution in [1.29, 1.82) is 0 Å². The number of aromatic nitrogens is 2. The zero-order valence-corrected chi connectivity index (χ0v) is 7.86. The van der Waals surface area contributed by atoms with Crippen LogP contribution in [0.1, 0.15) is 18.4 Å². The average molecular weight is 178 g/mol. The molecular formula is C10H14N2O. The SMILES string of the molecule is C=CCC(=O)CCc1cnn(C)c1. The molecule has 3 heteroatoms. The van der Waals surface area contributed by atoms with Gasteiger partial charge in [0.15, 0.2) is 0 Å². The van der Waals surface area contributed by atoms with E-state index in [1.54, 1.807) is 17.0 Å². The van der Waals surface area contributed by atoms with Crippen LogP contribution in [-0.4, -0.2) is 15.6 Å². The van der Waals surface area contributed by atoms with Gasteiger partial charge in [-0.3, -0.25) is 9.48 Å². The molecule has 0 bridgehead atoms. The lowest BCUT2D eigenvalue weighted by Crippen LogP contribution is -1.97. The second-order valence-electron chi connectivity index (χ2n) is 3.05. The smallest absolute Gasteiger partial charge is 0.136 e. The number of ketones is 1. The third-order valence-electron chi connectivity index (χ3n) is 1.82. The van der Waals surface area contributed by atoms with Gasteiger partial charge in [-0.05, 0) is 12.0 Å². The van der Waals surface area contributed by atoms with Gasteiger partial charge in [-0.15, -0.1) is 6.58 Å². The Morgan fingerprint density at radius 3 is 3.08 bits per heavy atom. The molecule has 3 nitrogen and oxygen atoms in total. The molecule has 70 valence electrons. The van der Waals surface area contributed by atoms with E-state index in [2.05, 4.69) is 11.7 Å². The zero-order chi connectivity index (χ0) is 9.68. The Kier molecular flexibility index (Phi) is 3.43. The maximum absolute atomic E-state index is 11.1. The van der Waals surface area contributed by atoms with Crippen molar-refractivity contribution < 1.29 is 4.79 Å². The summed E-state index contributed by atoms with van der Waals surface area (Å²) in [5.74, 6) is 0.235. The van der Waals surface area contributed by atoms with Crippen LogP contribution < -0.4 is 0 Å². The first kappa shape index (κ1) is 9.71. The van der Waals surface area contributed by atoms with Crippen LogP contribution in [0.2, 0.25) is 0 Å². The van der Waals surface area contributed by atoms with Gasteiger partial charge >= 0.3 is 0 Å². The molecule has 0 saturated carbocycles. The Labute approximate surface area is 78.1 Å². The van der Waals surface area contributed by atoms with Crippen molar-refractivity contribution in [2.75, 3.05) is 0 Å². The van der Waals surface area contributed by atoms with Gasteiger partial charge in [0.2, 0.25) is 0 Å². The van der Waals surface area contributed by atoms with Gasteiger partial charge in [0.05, 0.1) is 6.20 Å². The minimum absolute atomic E-state index is 0.235. The molecule has 0 fully saturated rings. The Bertz CT molecular complexity index is 302. The maximum atomic E-state index is 11.1. The summed E-state index contributed by atoms with van der Waals surface area (Å²) in [6.07, 6.45) is 7.20. The summed E-state index contributed by atoms with van der Waals surface area (Å²) < 4.78 is 1.74. The van der Waals surface area contributed by atoms with Gasteiger partial charge in [-0.2, -0.15) is 5.10 Å². The molecule has 1 aromatic heterocycles. The third kappa shape index (κ3) is 3.23. The summed E-state index contributed by atoms with van der Waals surface area (Å²) in [7, 11) is 1.87. The van der Waals surface area contributed by atoms with Crippen molar-refractivity contribution in [3.63, 3.8) is 0 Å². The van der Waals surface area contributed by atoms with E-state index in [-0.39, 0.29) is 5.78 Å². The fraction of sp³-hybridized carbons (Fsp3) is 0.400. The number of carbonyl (C=O) groups excluding carboxylic acids is 1. The number of aryl methyl sites for hydroxylation is 2. The highest BCUT2D eigenvalue weighted by Gasteiger charge is 2.01.